The molecule has 0 radical (unpaired) electrons. The monoisotopic (exact) mass is 630 g/mol. The summed E-state index contributed by atoms with van der Waals surface area (Å²) in [4.78, 5) is 28.3. The lowest BCUT2D eigenvalue weighted by molar-refractivity contribution is -0.253. The van der Waals surface area contributed by atoms with Gasteiger partial charge in [-0.1, -0.05) is 78.9 Å². The lowest BCUT2D eigenvalue weighted by Crippen LogP contribution is -2.49. The first-order valence-electron chi connectivity index (χ1n) is 16.3. The number of unbranched alkanes of at least 4 members (excludes halogenated alkanes) is 1. The smallest absolute Gasteiger partial charge is 0.243 e. The van der Waals surface area contributed by atoms with Crippen molar-refractivity contribution in [1.29, 1.82) is 0 Å². The minimum Gasteiger partial charge on any atom is -0.392 e. The molecule has 2 aliphatic rings. The molecule has 2 fully saturated rings. The second kappa shape index (κ2) is 17.3. The molecule has 2 saturated heterocycles. The first-order valence-corrected chi connectivity index (χ1v) is 16.3. The molecule has 0 spiro atoms. The quantitative estimate of drug-likeness (QED) is 0.119. The van der Waals surface area contributed by atoms with Gasteiger partial charge in [0.2, 0.25) is 11.8 Å². The summed E-state index contributed by atoms with van der Waals surface area (Å²) in [6, 6.07) is 26.5. The number of amides is 2. The van der Waals surface area contributed by atoms with Crippen LogP contribution in [0.25, 0.3) is 0 Å². The number of ether oxygens (including phenoxy) is 2. The number of nitrogens with zero attached hydrogens (tertiary/aromatic N) is 2. The first-order chi connectivity index (χ1) is 22.5. The lowest BCUT2D eigenvalue weighted by Gasteiger charge is -2.40. The van der Waals surface area contributed by atoms with Gasteiger partial charge < -0.3 is 19.9 Å². The van der Waals surface area contributed by atoms with E-state index in [0.29, 0.717) is 25.8 Å². The number of rotatable bonds is 14. The molecule has 0 bridgehead atoms. The predicted octanol–water partition coefficient (Wildman–Crippen LogP) is 4.22. The van der Waals surface area contributed by atoms with Crippen LogP contribution < -0.4 is 10.8 Å². The number of benzene rings is 3. The fraction of sp³-hybridized carbons (Fsp3) is 0.444. The Kier molecular flexibility index (Phi) is 12.7. The molecule has 5 rings (SSSR count). The molecule has 2 amide bonds. The standard InChI is InChI=1S/C36H46N4O6/c41-26-29-12-14-30(15-13-29)33-22-32(25-40-20-18-39(19-21-40)24-28-6-2-1-3-7-28)45-36(46-33)31-16-10-27(11-17-31)23-37-34(42)8-4-5-9-35(43)38-44/h1-3,6-7,10-17,32-33,36,41,44H,4-5,8-9,18-26H2,(H,37,42)(H,38,43). The molecule has 10 nitrogen and oxygen atoms in total. The third kappa shape index (κ3) is 10.2. The Morgan fingerprint density at radius 2 is 1.37 bits per heavy atom. The van der Waals surface area contributed by atoms with Gasteiger partial charge in [-0.2, -0.15) is 0 Å². The van der Waals surface area contributed by atoms with E-state index in [1.807, 2.05) is 48.5 Å². The van der Waals surface area contributed by atoms with Crippen LogP contribution in [0.3, 0.4) is 0 Å². The number of hydroxylamine groups is 1. The number of aliphatic hydroxyl groups is 1. The van der Waals surface area contributed by atoms with Crippen LogP contribution in [0.5, 0.6) is 0 Å². The number of piperazine rings is 1. The zero-order valence-electron chi connectivity index (χ0n) is 26.4. The van der Waals surface area contributed by atoms with Crippen LogP contribution in [-0.4, -0.2) is 70.8 Å². The van der Waals surface area contributed by atoms with Crippen molar-refractivity contribution in [3.05, 3.63) is 107 Å². The van der Waals surface area contributed by atoms with Crippen LogP contribution in [0, 0.1) is 0 Å². The highest BCUT2D eigenvalue weighted by atomic mass is 16.7. The second-order valence-corrected chi connectivity index (χ2v) is 12.2. The molecule has 246 valence electrons. The van der Waals surface area contributed by atoms with Crippen molar-refractivity contribution in [1.82, 2.24) is 20.6 Å². The fourth-order valence-electron chi connectivity index (χ4n) is 6.00. The molecule has 3 atom stereocenters. The van der Waals surface area contributed by atoms with Gasteiger partial charge in [-0.25, -0.2) is 5.48 Å². The number of carbonyl (C=O) groups excluding carboxylic acids is 2. The molecule has 0 aliphatic carbocycles. The van der Waals surface area contributed by atoms with Gasteiger partial charge in [0.15, 0.2) is 6.29 Å². The predicted molar refractivity (Wildman–Crippen MR) is 173 cm³/mol. The Hall–Kier alpha value is -3.64. The van der Waals surface area contributed by atoms with E-state index in [-0.39, 0.29) is 31.1 Å². The minimum absolute atomic E-state index is 0.00652. The highest BCUT2D eigenvalue weighted by molar-refractivity contribution is 5.76. The number of hydrogen-bond donors (Lipinski definition) is 4. The van der Waals surface area contributed by atoms with Gasteiger partial charge >= 0.3 is 0 Å². The molecule has 0 aromatic heterocycles. The maximum Gasteiger partial charge on any atom is 0.243 e. The molecule has 0 saturated carbocycles. The second-order valence-electron chi connectivity index (χ2n) is 12.2. The summed E-state index contributed by atoms with van der Waals surface area (Å²) < 4.78 is 13.1. The summed E-state index contributed by atoms with van der Waals surface area (Å²) >= 11 is 0. The molecule has 3 aromatic rings. The van der Waals surface area contributed by atoms with Crippen molar-refractivity contribution in [3.63, 3.8) is 0 Å². The summed E-state index contributed by atoms with van der Waals surface area (Å²) in [6.45, 7) is 6.24. The van der Waals surface area contributed by atoms with Gasteiger partial charge in [-0.3, -0.25) is 24.6 Å². The molecular formula is C36H46N4O6. The Morgan fingerprint density at radius 1 is 0.739 bits per heavy atom. The Morgan fingerprint density at radius 3 is 2.04 bits per heavy atom. The zero-order valence-corrected chi connectivity index (χ0v) is 26.4. The van der Waals surface area contributed by atoms with Gasteiger partial charge in [0.25, 0.3) is 0 Å². The summed E-state index contributed by atoms with van der Waals surface area (Å²) in [7, 11) is 0. The Balaban J connectivity index is 1.16. The van der Waals surface area contributed by atoms with Crippen molar-refractivity contribution in [2.45, 2.75) is 70.3 Å². The molecule has 3 aromatic carbocycles. The van der Waals surface area contributed by atoms with E-state index in [4.69, 9.17) is 14.7 Å². The minimum atomic E-state index is -0.527. The van der Waals surface area contributed by atoms with Crippen LogP contribution in [0.15, 0.2) is 78.9 Å². The van der Waals surface area contributed by atoms with Gasteiger partial charge in [-0.15, -0.1) is 0 Å². The van der Waals surface area contributed by atoms with E-state index in [0.717, 1.165) is 67.9 Å². The van der Waals surface area contributed by atoms with Gasteiger partial charge in [0.05, 0.1) is 18.8 Å². The summed E-state index contributed by atoms with van der Waals surface area (Å²) in [6.07, 6.45) is 1.69. The highest BCUT2D eigenvalue weighted by Crippen LogP contribution is 2.38. The van der Waals surface area contributed by atoms with Crippen LogP contribution in [0.1, 0.15) is 72.3 Å². The summed E-state index contributed by atoms with van der Waals surface area (Å²) in [5.74, 6) is -0.521. The Labute approximate surface area is 271 Å². The van der Waals surface area contributed by atoms with Crippen molar-refractivity contribution >= 4 is 11.8 Å². The molecular weight excluding hydrogens is 584 g/mol. The maximum absolute atomic E-state index is 12.2. The number of aliphatic hydroxyl groups excluding tert-OH is 1. The third-order valence-corrected chi connectivity index (χ3v) is 8.71. The van der Waals surface area contributed by atoms with Crippen LogP contribution in [0.4, 0.5) is 0 Å². The normalized spacial score (nSPS) is 20.7. The van der Waals surface area contributed by atoms with Gasteiger partial charge in [0.1, 0.15) is 0 Å². The summed E-state index contributed by atoms with van der Waals surface area (Å²) in [5, 5.41) is 21.0. The van der Waals surface area contributed by atoms with E-state index in [2.05, 4.69) is 45.4 Å². The molecule has 46 heavy (non-hydrogen) atoms. The largest absolute Gasteiger partial charge is 0.392 e. The third-order valence-electron chi connectivity index (χ3n) is 8.71. The highest BCUT2D eigenvalue weighted by Gasteiger charge is 2.33. The van der Waals surface area contributed by atoms with Crippen LogP contribution in [-0.2, 0) is 38.8 Å². The maximum atomic E-state index is 12.2. The van der Waals surface area contributed by atoms with Crippen molar-refractivity contribution in [2.24, 2.45) is 0 Å². The zero-order chi connectivity index (χ0) is 32.1. The first kappa shape index (κ1) is 33.7. The van der Waals surface area contributed by atoms with Crippen molar-refractivity contribution in [2.75, 3.05) is 32.7 Å². The van der Waals surface area contributed by atoms with Crippen molar-refractivity contribution < 1.29 is 29.4 Å². The summed E-state index contributed by atoms with van der Waals surface area (Å²) in [5.41, 5.74) is 6.77. The van der Waals surface area contributed by atoms with Crippen LogP contribution >= 0.6 is 0 Å². The molecule has 2 heterocycles. The van der Waals surface area contributed by atoms with Gasteiger partial charge in [-0.05, 0) is 35.1 Å². The fourth-order valence-corrected chi connectivity index (χ4v) is 6.00. The van der Waals surface area contributed by atoms with E-state index in [1.165, 1.54) is 5.56 Å². The van der Waals surface area contributed by atoms with E-state index in [9.17, 15) is 14.7 Å². The van der Waals surface area contributed by atoms with Gasteiger partial charge in [0, 0.05) is 70.6 Å². The van der Waals surface area contributed by atoms with E-state index in [1.54, 1.807) is 5.48 Å². The lowest BCUT2D eigenvalue weighted by atomic mass is 9.99. The van der Waals surface area contributed by atoms with Crippen molar-refractivity contribution in [3.8, 4) is 0 Å². The number of nitrogens with one attached hydrogen (secondary N) is 2. The topological polar surface area (TPSA) is 124 Å². The van der Waals surface area contributed by atoms with E-state index >= 15 is 0 Å². The molecule has 3 unspecified atom stereocenters. The molecule has 4 N–H and O–H groups in total. The molecule has 10 heteroatoms. The average molecular weight is 631 g/mol. The Bertz CT molecular complexity index is 1360. The SMILES string of the molecule is O=C(CCCCC(=O)NCc1ccc(C2OC(CN3CCN(Cc4ccccc4)CC3)CC(c3ccc(CO)cc3)O2)cc1)NO. The number of hydrogen-bond acceptors (Lipinski definition) is 8. The van der Waals surface area contributed by atoms with Crippen LogP contribution in [0.2, 0.25) is 0 Å². The van der Waals surface area contributed by atoms with E-state index < -0.39 is 12.2 Å². The molecule has 2 aliphatic heterocycles. The number of carbonyl (C=O) groups is 2. The average Bonchev–Trinajstić information content (AvgIpc) is 3.10.